The van der Waals surface area contributed by atoms with Gasteiger partial charge in [0.25, 0.3) is 0 Å². The summed E-state index contributed by atoms with van der Waals surface area (Å²) in [6, 6.07) is 13.0. The molecule has 0 saturated carbocycles. The molecule has 0 bridgehead atoms. The zero-order valence-electron chi connectivity index (χ0n) is 15.9. The lowest BCUT2D eigenvalue weighted by atomic mass is 9.77. The lowest BCUT2D eigenvalue weighted by Crippen LogP contribution is -2.36. The highest BCUT2D eigenvalue weighted by molar-refractivity contribution is 5.97. The fourth-order valence-corrected chi connectivity index (χ4v) is 4.25. The molecule has 0 aliphatic carbocycles. The van der Waals surface area contributed by atoms with Gasteiger partial charge in [0.15, 0.2) is 0 Å². The van der Waals surface area contributed by atoms with Gasteiger partial charge in [-0.2, -0.15) is 0 Å². The Labute approximate surface area is 163 Å². The molecule has 4 rings (SSSR count). The second-order valence-electron chi connectivity index (χ2n) is 7.09. The molecule has 0 aromatic heterocycles. The van der Waals surface area contributed by atoms with Crippen molar-refractivity contribution in [2.24, 2.45) is 5.92 Å². The number of benzene rings is 2. The van der Waals surface area contributed by atoms with E-state index in [1.165, 1.54) is 14.2 Å². The fraction of sp³-hybridized carbons (Fsp3) is 0.364. The number of esters is 2. The van der Waals surface area contributed by atoms with Crippen LogP contribution >= 0.6 is 0 Å². The molecule has 146 valence electrons. The number of methoxy groups -OCH3 is 2. The third kappa shape index (κ3) is 3.14. The van der Waals surface area contributed by atoms with Gasteiger partial charge in [-0.15, -0.1) is 0 Å². The van der Waals surface area contributed by atoms with Crippen LogP contribution < -0.4 is 5.32 Å². The van der Waals surface area contributed by atoms with Gasteiger partial charge < -0.3 is 19.5 Å². The van der Waals surface area contributed by atoms with Crippen molar-refractivity contribution in [2.75, 3.05) is 26.1 Å². The summed E-state index contributed by atoms with van der Waals surface area (Å²) < 4.78 is 15.9. The van der Waals surface area contributed by atoms with Crippen LogP contribution in [0.15, 0.2) is 42.5 Å². The number of anilines is 1. The Morgan fingerprint density at radius 2 is 1.79 bits per heavy atom. The molecule has 0 amide bonds. The molecular formula is C22H23NO5. The molecule has 6 nitrogen and oxygen atoms in total. The zero-order valence-corrected chi connectivity index (χ0v) is 15.9. The van der Waals surface area contributed by atoms with Crippen molar-refractivity contribution in [3.8, 4) is 0 Å². The maximum absolute atomic E-state index is 12.3. The molecule has 0 radical (unpaired) electrons. The van der Waals surface area contributed by atoms with Gasteiger partial charge in [0.05, 0.1) is 43.2 Å². The van der Waals surface area contributed by atoms with Gasteiger partial charge in [-0.1, -0.05) is 24.3 Å². The molecule has 1 N–H and O–H groups in total. The van der Waals surface area contributed by atoms with E-state index >= 15 is 0 Å². The Morgan fingerprint density at radius 1 is 1.04 bits per heavy atom. The van der Waals surface area contributed by atoms with Crippen molar-refractivity contribution in [3.63, 3.8) is 0 Å². The van der Waals surface area contributed by atoms with Gasteiger partial charge in [0.1, 0.15) is 0 Å². The third-order valence-electron chi connectivity index (χ3n) is 5.60. The van der Waals surface area contributed by atoms with Gasteiger partial charge >= 0.3 is 11.9 Å². The van der Waals surface area contributed by atoms with Crippen LogP contribution in [0.2, 0.25) is 0 Å². The molecule has 0 unspecified atom stereocenters. The highest BCUT2D eigenvalue weighted by atomic mass is 16.5. The predicted molar refractivity (Wildman–Crippen MR) is 103 cm³/mol. The van der Waals surface area contributed by atoms with Crippen LogP contribution in [0.4, 0.5) is 5.69 Å². The van der Waals surface area contributed by atoms with E-state index in [9.17, 15) is 9.59 Å². The van der Waals surface area contributed by atoms with Gasteiger partial charge in [-0.05, 0) is 36.6 Å². The van der Waals surface area contributed by atoms with E-state index in [0.29, 0.717) is 17.7 Å². The quantitative estimate of drug-likeness (QED) is 0.813. The number of rotatable bonds is 3. The second-order valence-corrected chi connectivity index (χ2v) is 7.09. The summed E-state index contributed by atoms with van der Waals surface area (Å²) in [5.41, 5.74) is 3.81. The third-order valence-corrected chi connectivity index (χ3v) is 5.60. The summed E-state index contributed by atoms with van der Waals surface area (Å²) in [5, 5.41) is 3.56. The molecule has 28 heavy (non-hydrogen) atoms. The first-order chi connectivity index (χ1) is 13.6. The van der Waals surface area contributed by atoms with Crippen LogP contribution in [0, 0.1) is 5.92 Å². The number of ether oxygens (including phenoxy) is 3. The molecule has 1 fully saturated rings. The number of fused-ring (bicyclic) bond motifs is 3. The van der Waals surface area contributed by atoms with Crippen LogP contribution in [0.25, 0.3) is 0 Å². The highest BCUT2D eigenvalue weighted by Crippen LogP contribution is 2.50. The van der Waals surface area contributed by atoms with Crippen LogP contribution in [-0.2, 0) is 14.2 Å². The molecule has 2 heterocycles. The Morgan fingerprint density at radius 3 is 2.50 bits per heavy atom. The van der Waals surface area contributed by atoms with E-state index < -0.39 is 0 Å². The van der Waals surface area contributed by atoms with E-state index in [-0.39, 0.29) is 30.0 Å². The smallest absolute Gasteiger partial charge is 0.339 e. The number of para-hydroxylation sites is 1. The Kier molecular flexibility index (Phi) is 5.05. The summed E-state index contributed by atoms with van der Waals surface area (Å²) in [4.78, 5) is 24.0. The molecule has 0 spiro atoms. The number of nitrogens with one attached hydrogen (secondary N) is 1. The van der Waals surface area contributed by atoms with Crippen molar-refractivity contribution in [3.05, 3.63) is 64.7 Å². The molecule has 2 aromatic rings. The van der Waals surface area contributed by atoms with Gasteiger partial charge in [0.2, 0.25) is 0 Å². The maximum atomic E-state index is 12.3. The fourth-order valence-electron chi connectivity index (χ4n) is 4.25. The zero-order chi connectivity index (χ0) is 19.7. The average Bonchev–Trinajstić information content (AvgIpc) is 2.77. The SMILES string of the molecule is COC(=O)c1ccc([C@@H]2Nc3c(C(=O)OC)cccc3[C@@H]3OCCC[C@H]23)cc1. The Balaban J connectivity index is 1.75. The molecular weight excluding hydrogens is 358 g/mol. The summed E-state index contributed by atoms with van der Waals surface area (Å²) in [6.45, 7) is 0.705. The maximum Gasteiger partial charge on any atom is 0.339 e. The summed E-state index contributed by atoms with van der Waals surface area (Å²) in [7, 11) is 2.75. The second kappa shape index (κ2) is 7.64. The molecule has 6 heteroatoms. The summed E-state index contributed by atoms with van der Waals surface area (Å²) >= 11 is 0. The Hall–Kier alpha value is -2.86. The molecule has 2 aromatic carbocycles. The van der Waals surface area contributed by atoms with E-state index in [0.717, 1.165) is 29.7 Å². The van der Waals surface area contributed by atoms with Gasteiger partial charge in [-0.25, -0.2) is 9.59 Å². The first-order valence-electron chi connectivity index (χ1n) is 9.41. The van der Waals surface area contributed by atoms with Crippen LogP contribution in [-0.4, -0.2) is 32.8 Å². The minimum atomic E-state index is -0.376. The van der Waals surface area contributed by atoms with Crippen molar-refractivity contribution >= 4 is 17.6 Å². The van der Waals surface area contributed by atoms with E-state index in [1.54, 1.807) is 18.2 Å². The molecule has 2 aliphatic rings. The molecule has 3 atom stereocenters. The lowest BCUT2D eigenvalue weighted by molar-refractivity contribution is -0.0382. The summed E-state index contributed by atoms with van der Waals surface area (Å²) in [5.74, 6) is -0.503. The largest absolute Gasteiger partial charge is 0.465 e. The normalized spacial score (nSPS) is 23.0. The highest BCUT2D eigenvalue weighted by Gasteiger charge is 2.41. The van der Waals surface area contributed by atoms with Crippen LogP contribution in [0.1, 0.15) is 56.8 Å². The minimum absolute atomic E-state index is 0.0321. The minimum Gasteiger partial charge on any atom is -0.465 e. The van der Waals surface area contributed by atoms with Crippen LogP contribution in [0.3, 0.4) is 0 Å². The number of carbonyl (C=O) groups is 2. The predicted octanol–water partition coefficient (Wildman–Crippen LogP) is 3.89. The summed E-state index contributed by atoms with van der Waals surface area (Å²) in [6.07, 6.45) is 1.93. The van der Waals surface area contributed by atoms with Gasteiger partial charge in [-0.3, -0.25) is 0 Å². The first kappa shape index (κ1) is 18.5. The molecule has 1 saturated heterocycles. The molecule has 2 aliphatic heterocycles. The topological polar surface area (TPSA) is 73.9 Å². The van der Waals surface area contributed by atoms with Crippen molar-refractivity contribution in [1.82, 2.24) is 0 Å². The van der Waals surface area contributed by atoms with E-state index in [1.807, 2.05) is 24.3 Å². The lowest BCUT2D eigenvalue weighted by Gasteiger charge is -2.43. The number of hydrogen-bond donors (Lipinski definition) is 1. The van der Waals surface area contributed by atoms with E-state index in [4.69, 9.17) is 14.2 Å². The average molecular weight is 381 g/mol. The number of carbonyl (C=O) groups excluding carboxylic acids is 2. The van der Waals surface area contributed by atoms with Crippen molar-refractivity contribution < 1.29 is 23.8 Å². The number of hydrogen-bond acceptors (Lipinski definition) is 6. The monoisotopic (exact) mass is 381 g/mol. The Bertz CT molecular complexity index is 892. The van der Waals surface area contributed by atoms with E-state index in [2.05, 4.69) is 5.32 Å². The van der Waals surface area contributed by atoms with Crippen LogP contribution in [0.5, 0.6) is 0 Å². The first-order valence-corrected chi connectivity index (χ1v) is 9.41. The standard InChI is InChI=1S/C22H23NO5/c1-26-21(24)14-10-8-13(9-11-14)18-15-7-4-12-28-20(15)16-5-3-6-17(19(16)23-18)22(25)27-2/h3,5-6,8-11,15,18,20,23H,4,7,12H2,1-2H3/t15-,18+,20-/m1/s1. The van der Waals surface area contributed by atoms with Gasteiger partial charge in [0, 0.05) is 18.1 Å². The van der Waals surface area contributed by atoms with Crippen molar-refractivity contribution in [2.45, 2.75) is 25.0 Å². The van der Waals surface area contributed by atoms with Crippen molar-refractivity contribution in [1.29, 1.82) is 0 Å².